The summed E-state index contributed by atoms with van der Waals surface area (Å²) in [6.07, 6.45) is 3.59. The molecule has 1 saturated heterocycles. The topological polar surface area (TPSA) is 81.8 Å². The molecule has 1 fully saturated rings. The number of nitrogens with one attached hydrogen (secondary N) is 2. The predicted octanol–water partition coefficient (Wildman–Crippen LogP) is 3.21. The number of aromatic nitrogens is 2. The molecule has 0 amide bonds. The number of anilines is 1. The summed E-state index contributed by atoms with van der Waals surface area (Å²) in [5.74, 6) is 2.79. The van der Waals surface area contributed by atoms with E-state index in [1.807, 2.05) is 12.3 Å². The molecule has 8 nitrogen and oxygen atoms in total. The van der Waals surface area contributed by atoms with Crippen molar-refractivity contribution in [2.24, 2.45) is 4.99 Å². The molecule has 178 valence electrons. The zero-order valence-electron chi connectivity index (χ0n) is 19.9. The molecule has 0 atom stereocenters. The van der Waals surface area contributed by atoms with E-state index in [0.29, 0.717) is 13.1 Å². The van der Waals surface area contributed by atoms with Crippen LogP contribution in [0.4, 0.5) is 5.82 Å². The van der Waals surface area contributed by atoms with Gasteiger partial charge >= 0.3 is 0 Å². The molecule has 0 aliphatic carbocycles. The maximum absolute atomic E-state index is 5.48. The first-order chi connectivity index (χ1) is 15.2. The molecule has 1 aliphatic rings. The van der Waals surface area contributed by atoms with Crippen LogP contribution in [0, 0.1) is 0 Å². The van der Waals surface area contributed by atoms with E-state index in [-0.39, 0.29) is 24.0 Å². The molecule has 3 rings (SSSR count). The summed E-state index contributed by atoms with van der Waals surface area (Å²) in [4.78, 5) is 14.2. The van der Waals surface area contributed by atoms with Gasteiger partial charge in [0, 0.05) is 57.4 Å². The highest BCUT2D eigenvalue weighted by Crippen LogP contribution is 2.17. The normalized spacial score (nSPS) is 14.9. The lowest BCUT2D eigenvalue weighted by Gasteiger charge is -2.34. The minimum absolute atomic E-state index is 0. The van der Waals surface area contributed by atoms with Gasteiger partial charge in [0.05, 0.1) is 12.2 Å². The van der Waals surface area contributed by atoms with Gasteiger partial charge in [-0.25, -0.2) is 9.98 Å². The fraction of sp³-hybridized carbons (Fsp3) is 0.609. The lowest BCUT2D eigenvalue weighted by Crippen LogP contribution is -2.46. The second kappa shape index (κ2) is 13.6. The summed E-state index contributed by atoms with van der Waals surface area (Å²) >= 11 is 0. The number of nitrogens with zero attached hydrogens (tertiary/aromatic N) is 5. The van der Waals surface area contributed by atoms with Crippen LogP contribution in [0.3, 0.4) is 0 Å². The van der Waals surface area contributed by atoms with Gasteiger partial charge in [0.2, 0.25) is 0 Å². The number of halogens is 1. The number of hydrogen-bond donors (Lipinski definition) is 2. The maximum Gasteiger partial charge on any atom is 0.191 e. The summed E-state index contributed by atoms with van der Waals surface area (Å²) in [6.45, 7) is 15.9. The van der Waals surface area contributed by atoms with Gasteiger partial charge in [-0.1, -0.05) is 25.9 Å². The van der Waals surface area contributed by atoms with Crippen LogP contribution in [0.25, 0.3) is 0 Å². The Labute approximate surface area is 209 Å². The monoisotopic (exact) mass is 555 g/mol. The molecule has 0 bridgehead atoms. The minimum atomic E-state index is 0. The van der Waals surface area contributed by atoms with Crippen molar-refractivity contribution in [2.45, 2.75) is 53.6 Å². The largest absolute Gasteiger partial charge is 0.361 e. The van der Waals surface area contributed by atoms with Crippen LogP contribution < -0.4 is 15.5 Å². The van der Waals surface area contributed by atoms with Crippen molar-refractivity contribution in [1.82, 2.24) is 25.7 Å². The molecule has 2 N–H and O–H groups in total. The Hall–Kier alpha value is -1.88. The summed E-state index contributed by atoms with van der Waals surface area (Å²) < 4.78 is 5.48. The molecule has 0 aromatic carbocycles. The summed E-state index contributed by atoms with van der Waals surface area (Å²) in [5, 5.41) is 11.0. The highest BCUT2D eigenvalue weighted by atomic mass is 127. The fourth-order valence-corrected chi connectivity index (χ4v) is 3.85. The van der Waals surface area contributed by atoms with Gasteiger partial charge in [0.25, 0.3) is 0 Å². The number of likely N-dealkylation sites (N-methyl/N-ethyl adjacent to an activating group) is 1. The summed E-state index contributed by atoms with van der Waals surface area (Å²) in [6, 6.07) is 4.21. The summed E-state index contributed by atoms with van der Waals surface area (Å²) in [5.41, 5.74) is 3.32. The third-order valence-electron chi connectivity index (χ3n) is 5.76. The summed E-state index contributed by atoms with van der Waals surface area (Å²) in [7, 11) is 0. The lowest BCUT2D eigenvalue weighted by atomic mass is 10.1. The standard InChI is InChI=1S/C23H37N7O.HI/c1-5-20-19(21(6-2)31-28-20)17-27-23(24-7-3)26-16-18-9-10-25-22(15-18)30-13-11-29(8-4)12-14-30;/h9-10,15H,5-8,11-14,16-17H2,1-4H3,(H2,24,26,27);1H. The second-order valence-corrected chi connectivity index (χ2v) is 7.73. The third-order valence-corrected chi connectivity index (χ3v) is 5.76. The van der Waals surface area contributed by atoms with Crippen LogP contribution in [0.1, 0.15) is 50.3 Å². The number of aliphatic imine (C=N–C) groups is 1. The molecule has 0 saturated carbocycles. The van der Waals surface area contributed by atoms with E-state index < -0.39 is 0 Å². The highest BCUT2D eigenvalue weighted by Gasteiger charge is 2.17. The van der Waals surface area contributed by atoms with E-state index in [1.165, 1.54) is 0 Å². The minimum Gasteiger partial charge on any atom is -0.361 e. The molecule has 2 aromatic heterocycles. The second-order valence-electron chi connectivity index (χ2n) is 7.73. The molecular formula is C23H38IN7O. The molecule has 0 unspecified atom stereocenters. The van der Waals surface area contributed by atoms with E-state index in [9.17, 15) is 0 Å². The van der Waals surface area contributed by atoms with E-state index in [0.717, 1.165) is 86.5 Å². The van der Waals surface area contributed by atoms with Crippen LogP contribution in [0.5, 0.6) is 0 Å². The van der Waals surface area contributed by atoms with Crippen LogP contribution in [0.15, 0.2) is 27.8 Å². The zero-order chi connectivity index (χ0) is 22.1. The van der Waals surface area contributed by atoms with Crippen LogP contribution in [-0.4, -0.2) is 60.3 Å². The molecule has 2 aromatic rings. The average Bonchev–Trinajstić information content (AvgIpc) is 3.23. The van der Waals surface area contributed by atoms with Gasteiger partial charge in [-0.2, -0.15) is 0 Å². The van der Waals surface area contributed by atoms with E-state index in [4.69, 9.17) is 9.52 Å². The number of piperazine rings is 1. The molecule has 3 heterocycles. The first kappa shape index (κ1) is 26.4. The quantitative estimate of drug-likeness (QED) is 0.280. The Kier molecular flexibility index (Phi) is 11.2. The van der Waals surface area contributed by atoms with Crippen molar-refractivity contribution in [1.29, 1.82) is 0 Å². The zero-order valence-corrected chi connectivity index (χ0v) is 22.2. The van der Waals surface area contributed by atoms with Gasteiger partial charge < -0.3 is 25.0 Å². The first-order valence-corrected chi connectivity index (χ1v) is 11.6. The Balaban J connectivity index is 0.00000363. The highest BCUT2D eigenvalue weighted by molar-refractivity contribution is 14.0. The number of rotatable bonds is 9. The Morgan fingerprint density at radius 2 is 1.88 bits per heavy atom. The first-order valence-electron chi connectivity index (χ1n) is 11.6. The van der Waals surface area contributed by atoms with Crippen molar-refractivity contribution in [3.05, 3.63) is 40.9 Å². The molecular weight excluding hydrogens is 517 g/mol. The van der Waals surface area contributed by atoms with E-state index in [2.05, 4.69) is 64.3 Å². The average molecular weight is 556 g/mol. The van der Waals surface area contributed by atoms with Gasteiger partial charge in [-0.15, -0.1) is 24.0 Å². The molecule has 9 heteroatoms. The molecule has 0 radical (unpaired) electrons. The Morgan fingerprint density at radius 3 is 2.53 bits per heavy atom. The molecule has 0 spiro atoms. The van der Waals surface area contributed by atoms with Crippen LogP contribution in [0.2, 0.25) is 0 Å². The van der Waals surface area contributed by atoms with Crippen molar-refractivity contribution in [2.75, 3.05) is 44.2 Å². The van der Waals surface area contributed by atoms with Gasteiger partial charge in [-0.3, -0.25) is 0 Å². The van der Waals surface area contributed by atoms with Crippen LogP contribution >= 0.6 is 24.0 Å². The van der Waals surface area contributed by atoms with Gasteiger partial charge in [0.1, 0.15) is 11.6 Å². The van der Waals surface area contributed by atoms with E-state index >= 15 is 0 Å². The predicted molar refractivity (Wildman–Crippen MR) is 141 cm³/mol. The number of guanidine groups is 1. The van der Waals surface area contributed by atoms with Crippen molar-refractivity contribution < 1.29 is 4.52 Å². The van der Waals surface area contributed by atoms with Gasteiger partial charge in [-0.05, 0) is 37.6 Å². The SMILES string of the molecule is CCNC(=NCc1ccnc(N2CCN(CC)CC2)c1)NCc1c(CC)noc1CC.I. The number of aryl methyl sites for hydroxylation is 2. The maximum atomic E-state index is 5.48. The van der Waals surface area contributed by atoms with E-state index in [1.54, 1.807) is 0 Å². The smallest absolute Gasteiger partial charge is 0.191 e. The fourth-order valence-electron chi connectivity index (χ4n) is 3.85. The lowest BCUT2D eigenvalue weighted by molar-refractivity contribution is 0.270. The number of hydrogen-bond acceptors (Lipinski definition) is 6. The third kappa shape index (κ3) is 7.06. The number of pyridine rings is 1. The Bertz CT molecular complexity index is 825. The van der Waals surface area contributed by atoms with Crippen LogP contribution in [-0.2, 0) is 25.9 Å². The Morgan fingerprint density at radius 1 is 1.09 bits per heavy atom. The van der Waals surface area contributed by atoms with Crippen molar-refractivity contribution in [3.8, 4) is 0 Å². The molecule has 1 aliphatic heterocycles. The van der Waals surface area contributed by atoms with Gasteiger partial charge in [0.15, 0.2) is 5.96 Å². The molecule has 32 heavy (non-hydrogen) atoms. The van der Waals surface area contributed by atoms with Crippen molar-refractivity contribution in [3.63, 3.8) is 0 Å². The van der Waals surface area contributed by atoms with Crippen molar-refractivity contribution >= 4 is 35.8 Å².